The first-order valence-electron chi connectivity index (χ1n) is 14.1. The van der Waals surface area contributed by atoms with Gasteiger partial charge in [-0.15, -0.1) is 0 Å². The minimum Gasteiger partial charge on any atom is -0.481 e. The smallest absolute Gasteiger partial charge is 0.326 e. The zero-order valence-electron chi connectivity index (χ0n) is 23.8. The highest BCUT2D eigenvalue weighted by molar-refractivity contribution is 5.86. The van der Waals surface area contributed by atoms with Crippen LogP contribution in [0.1, 0.15) is 89.9 Å². The van der Waals surface area contributed by atoms with Crippen LogP contribution in [-0.2, 0) is 28.8 Å². The van der Waals surface area contributed by atoms with Gasteiger partial charge in [-0.25, -0.2) is 19.2 Å². The van der Waals surface area contributed by atoms with Crippen molar-refractivity contribution in [1.29, 1.82) is 0 Å². The maximum atomic E-state index is 12.0. The van der Waals surface area contributed by atoms with Gasteiger partial charge in [0.2, 0.25) is 11.8 Å². The molecule has 240 valence electrons. The number of nitrogens with one attached hydrogen (secondary N) is 4. The van der Waals surface area contributed by atoms with E-state index in [9.17, 15) is 43.8 Å². The number of hydrogen-bond donors (Lipinski definition) is 9. The van der Waals surface area contributed by atoms with Gasteiger partial charge in [0.15, 0.2) is 0 Å². The SMILES string of the molecule is NCCCCC(NC(=O)CCCCCCC(=O)NCCCC[C@H](NC(=O)NC(CCC(=O)O)C(=O)O)C(=O)O)C(=O)O. The van der Waals surface area contributed by atoms with E-state index in [1.54, 1.807) is 0 Å². The molecule has 0 aliphatic rings. The van der Waals surface area contributed by atoms with Crippen molar-refractivity contribution >= 4 is 41.7 Å². The average Bonchev–Trinajstić information content (AvgIpc) is 2.91. The van der Waals surface area contributed by atoms with Gasteiger partial charge in [0.1, 0.15) is 18.1 Å². The van der Waals surface area contributed by atoms with E-state index in [2.05, 4.69) is 21.3 Å². The lowest BCUT2D eigenvalue weighted by Gasteiger charge is -2.18. The summed E-state index contributed by atoms with van der Waals surface area (Å²) in [6.45, 7) is 0.758. The molecule has 10 N–H and O–H groups in total. The molecule has 3 atom stereocenters. The minimum atomic E-state index is -1.49. The van der Waals surface area contributed by atoms with E-state index in [1.165, 1.54) is 0 Å². The molecule has 0 spiro atoms. The molecule has 16 heteroatoms. The fraction of sp³-hybridized carbons (Fsp3) is 0.731. The zero-order chi connectivity index (χ0) is 31.9. The van der Waals surface area contributed by atoms with E-state index in [0.29, 0.717) is 70.9 Å². The summed E-state index contributed by atoms with van der Waals surface area (Å²) in [5, 5.41) is 45.7. The van der Waals surface area contributed by atoms with Crippen molar-refractivity contribution in [3.63, 3.8) is 0 Å². The Balaban J connectivity index is 4.10. The first kappa shape index (κ1) is 38.0. The van der Waals surface area contributed by atoms with Gasteiger partial charge in [-0.2, -0.15) is 0 Å². The fourth-order valence-electron chi connectivity index (χ4n) is 3.87. The number of carboxylic acids is 4. The van der Waals surface area contributed by atoms with E-state index in [-0.39, 0.29) is 37.5 Å². The van der Waals surface area contributed by atoms with Gasteiger partial charge in [-0.05, 0) is 64.3 Å². The molecular weight excluding hydrogens is 558 g/mol. The molecule has 0 bridgehead atoms. The van der Waals surface area contributed by atoms with Gasteiger partial charge in [0, 0.05) is 25.8 Å². The lowest BCUT2D eigenvalue weighted by Crippen LogP contribution is -2.51. The molecule has 0 aliphatic heterocycles. The second-order valence-electron chi connectivity index (χ2n) is 9.83. The van der Waals surface area contributed by atoms with Gasteiger partial charge < -0.3 is 47.4 Å². The normalized spacial score (nSPS) is 12.8. The third-order valence-electron chi connectivity index (χ3n) is 6.23. The Morgan fingerprint density at radius 3 is 1.50 bits per heavy atom. The van der Waals surface area contributed by atoms with Crippen LogP contribution in [0.15, 0.2) is 0 Å². The summed E-state index contributed by atoms with van der Waals surface area (Å²) < 4.78 is 0. The van der Waals surface area contributed by atoms with Crippen LogP contribution in [0, 0.1) is 0 Å². The van der Waals surface area contributed by atoms with Crippen LogP contribution < -0.4 is 27.0 Å². The van der Waals surface area contributed by atoms with Gasteiger partial charge in [-0.1, -0.05) is 12.8 Å². The predicted molar refractivity (Wildman–Crippen MR) is 148 cm³/mol. The number of hydrogen-bond acceptors (Lipinski definition) is 8. The number of carboxylic acid groups (broad SMARTS) is 4. The Labute approximate surface area is 244 Å². The fourth-order valence-corrected chi connectivity index (χ4v) is 3.87. The number of carbonyl (C=O) groups excluding carboxylic acids is 3. The summed E-state index contributed by atoms with van der Waals surface area (Å²) in [5.74, 6) is -5.59. The highest BCUT2D eigenvalue weighted by atomic mass is 16.4. The van der Waals surface area contributed by atoms with Gasteiger partial charge >= 0.3 is 29.9 Å². The number of urea groups is 1. The zero-order valence-corrected chi connectivity index (χ0v) is 23.8. The maximum absolute atomic E-state index is 12.0. The summed E-state index contributed by atoms with van der Waals surface area (Å²) in [7, 11) is 0. The van der Waals surface area contributed by atoms with Crippen molar-refractivity contribution in [2.75, 3.05) is 13.1 Å². The Bertz CT molecular complexity index is 900. The monoisotopic (exact) mass is 603 g/mol. The lowest BCUT2D eigenvalue weighted by atomic mass is 10.1. The molecule has 0 saturated heterocycles. The van der Waals surface area contributed by atoms with E-state index in [4.69, 9.17) is 15.9 Å². The molecule has 2 unspecified atom stereocenters. The average molecular weight is 604 g/mol. The summed E-state index contributed by atoms with van der Waals surface area (Å²) in [5.41, 5.74) is 5.40. The molecule has 0 saturated carbocycles. The molecule has 4 amide bonds. The number of carbonyl (C=O) groups is 7. The van der Waals surface area contributed by atoms with E-state index >= 15 is 0 Å². The molecule has 42 heavy (non-hydrogen) atoms. The van der Waals surface area contributed by atoms with Crippen molar-refractivity contribution in [3.05, 3.63) is 0 Å². The molecule has 0 aromatic heterocycles. The van der Waals surface area contributed by atoms with Crippen LogP contribution in [0.2, 0.25) is 0 Å². The van der Waals surface area contributed by atoms with Crippen LogP contribution >= 0.6 is 0 Å². The van der Waals surface area contributed by atoms with Gasteiger partial charge in [0.25, 0.3) is 0 Å². The van der Waals surface area contributed by atoms with Crippen molar-refractivity contribution in [3.8, 4) is 0 Å². The second kappa shape index (κ2) is 22.7. The topological polar surface area (TPSA) is 275 Å². The van der Waals surface area contributed by atoms with Crippen LogP contribution in [0.5, 0.6) is 0 Å². The third-order valence-corrected chi connectivity index (χ3v) is 6.23. The van der Waals surface area contributed by atoms with E-state index < -0.39 is 54.5 Å². The van der Waals surface area contributed by atoms with Crippen LogP contribution in [0.4, 0.5) is 4.79 Å². The number of rotatable bonds is 25. The van der Waals surface area contributed by atoms with E-state index in [1.807, 2.05) is 0 Å². The summed E-state index contributed by atoms with van der Waals surface area (Å²) >= 11 is 0. The number of amides is 4. The molecule has 0 aromatic carbocycles. The van der Waals surface area contributed by atoms with Crippen molar-refractivity contribution in [2.24, 2.45) is 5.73 Å². The standard InChI is InChI=1S/C26H45N5O11/c27-15-7-5-9-17(23(36)37)29-21(33)12-4-2-1-3-11-20(32)28-16-8-6-10-18(24(38)39)30-26(42)31-19(25(40)41)13-14-22(34)35/h17-19H,1-16,27H2,(H,28,32)(H,29,33)(H,34,35)(H,36,37)(H,38,39)(H,40,41)(H2,30,31,42)/t17?,18-,19?/m0/s1. The molecular formula is C26H45N5O11. The summed E-state index contributed by atoms with van der Waals surface area (Å²) in [6, 6.07) is -4.76. The van der Waals surface area contributed by atoms with Crippen LogP contribution in [0.3, 0.4) is 0 Å². The molecule has 0 radical (unpaired) electrons. The molecule has 0 aromatic rings. The van der Waals surface area contributed by atoms with Crippen LogP contribution in [0.25, 0.3) is 0 Å². The quantitative estimate of drug-likeness (QED) is 0.0641. The molecule has 0 heterocycles. The molecule has 0 rings (SSSR count). The van der Waals surface area contributed by atoms with Gasteiger partial charge in [-0.3, -0.25) is 14.4 Å². The highest BCUT2D eigenvalue weighted by Crippen LogP contribution is 2.08. The summed E-state index contributed by atoms with van der Waals surface area (Å²) in [6.07, 6.45) is 4.66. The maximum Gasteiger partial charge on any atom is 0.326 e. The molecule has 16 nitrogen and oxygen atoms in total. The minimum absolute atomic E-state index is 0.0278. The highest BCUT2D eigenvalue weighted by Gasteiger charge is 2.25. The number of unbranched alkanes of at least 4 members (excludes halogenated alkanes) is 5. The number of aliphatic carboxylic acids is 4. The van der Waals surface area contributed by atoms with Crippen LogP contribution in [-0.4, -0.2) is 93.4 Å². The largest absolute Gasteiger partial charge is 0.481 e. The van der Waals surface area contributed by atoms with Gasteiger partial charge in [0.05, 0.1) is 0 Å². The Morgan fingerprint density at radius 2 is 1.00 bits per heavy atom. The number of nitrogens with two attached hydrogens (primary N) is 1. The first-order chi connectivity index (χ1) is 19.9. The van der Waals surface area contributed by atoms with Crippen molar-refractivity contribution in [2.45, 2.75) is 108 Å². The third kappa shape index (κ3) is 20.0. The molecule has 0 aliphatic carbocycles. The van der Waals surface area contributed by atoms with E-state index in [0.717, 1.165) is 0 Å². The Morgan fingerprint density at radius 1 is 0.524 bits per heavy atom. The second-order valence-corrected chi connectivity index (χ2v) is 9.83. The molecule has 0 fully saturated rings. The predicted octanol–water partition coefficient (Wildman–Crippen LogP) is 0.382. The summed E-state index contributed by atoms with van der Waals surface area (Å²) in [4.78, 5) is 80.5. The lowest BCUT2D eigenvalue weighted by molar-refractivity contribution is -0.142. The van der Waals surface area contributed by atoms with Crippen molar-refractivity contribution in [1.82, 2.24) is 21.3 Å². The Hall–Kier alpha value is -3.95. The Kier molecular flexibility index (Phi) is 20.6. The van der Waals surface area contributed by atoms with Crippen molar-refractivity contribution < 1.29 is 54.0 Å². The first-order valence-corrected chi connectivity index (χ1v) is 14.1.